The zero-order valence-corrected chi connectivity index (χ0v) is 18.2. The normalized spacial score (nSPS) is 20.2. The second-order valence-electron chi connectivity index (χ2n) is 8.24. The molecule has 3 heterocycles. The summed E-state index contributed by atoms with van der Waals surface area (Å²) in [5.74, 6) is 0.739. The third kappa shape index (κ3) is 5.41. The molecule has 2 aliphatic heterocycles. The highest BCUT2D eigenvalue weighted by atomic mass is 32.2. The number of anilines is 2. The van der Waals surface area contributed by atoms with Gasteiger partial charge in [-0.15, -0.1) is 0 Å². The molecule has 158 valence electrons. The lowest BCUT2D eigenvalue weighted by Crippen LogP contribution is -2.50. The molecule has 1 aromatic heterocycles. The first-order chi connectivity index (χ1) is 13.6. The summed E-state index contributed by atoms with van der Waals surface area (Å²) in [6.45, 7) is 9.86. The zero-order valence-electron chi connectivity index (χ0n) is 17.4. The SMILES string of the molecule is CC(=O)SC1CC(=O)N(c2cccnc2N2CCN(C(=O)OC(C)(C)C)CC2)C1. The molecule has 0 aromatic carbocycles. The molecule has 3 rings (SSSR count). The fourth-order valence-electron chi connectivity index (χ4n) is 3.49. The van der Waals surface area contributed by atoms with E-state index in [2.05, 4.69) is 9.88 Å². The van der Waals surface area contributed by atoms with E-state index in [-0.39, 0.29) is 22.4 Å². The summed E-state index contributed by atoms with van der Waals surface area (Å²) in [6, 6.07) is 3.70. The van der Waals surface area contributed by atoms with Crippen LogP contribution < -0.4 is 9.80 Å². The summed E-state index contributed by atoms with van der Waals surface area (Å²) in [4.78, 5) is 46.3. The highest BCUT2D eigenvalue weighted by molar-refractivity contribution is 8.14. The standard InChI is InChI=1S/C20H28N4O4S/c1-14(25)29-15-12-17(26)24(13-15)16-6-5-7-21-18(16)22-8-10-23(11-9-22)19(27)28-20(2,3)4/h5-7,15H,8-13H2,1-4H3. The van der Waals surface area contributed by atoms with Crippen molar-refractivity contribution < 1.29 is 19.1 Å². The number of hydrogen-bond acceptors (Lipinski definition) is 7. The van der Waals surface area contributed by atoms with Gasteiger partial charge >= 0.3 is 6.09 Å². The van der Waals surface area contributed by atoms with E-state index in [0.717, 1.165) is 11.5 Å². The van der Waals surface area contributed by atoms with Crippen LogP contribution in [0.5, 0.6) is 0 Å². The lowest BCUT2D eigenvalue weighted by atomic mass is 10.2. The van der Waals surface area contributed by atoms with Crippen molar-refractivity contribution >= 4 is 40.4 Å². The van der Waals surface area contributed by atoms with Gasteiger partial charge in [-0.05, 0) is 32.9 Å². The molecule has 2 fully saturated rings. The van der Waals surface area contributed by atoms with E-state index in [0.29, 0.717) is 39.1 Å². The minimum absolute atomic E-state index is 0.00499. The Labute approximate surface area is 175 Å². The minimum Gasteiger partial charge on any atom is -0.444 e. The fourth-order valence-corrected chi connectivity index (χ4v) is 4.41. The topological polar surface area (TPSA) is 83.1 Å². The molecule has 1 unspecified atom stereocenters. The van der Waals surface area contributed by atoms with E-state index >= 15 is 0 Å². The van der Waals surface area contributed by atoms with Crippen LogP contribution in [0.1, 0.15) is 34.1 Å². The van der Waals surface area contributed by atoms with Crippen molar-refractivity contribution in [1.29, 1.82) is 0 Å². The van der Waals surface area contributed by atoms with Crippen molar-refractivity contribution in [2.45, 2.75) is 45.0 Å². The number of amides is 2. The van der Waals surface area contributed by atoms with Gasteiger partial charge < -0.3 is 19.4 Å². The molecular formula is C20H28N4O4S. The number of thioether (sulfide) groups is 1. The molecule has 2 saturated heterocycles. The Kier molecular flexibility index (Phi) is 6.36. The predicted molar refractivity (Wildman–Crippen MR) is 113 cm³/mol. The fraction of sp³-hybridized carbons (Fsp3) is 0.600. The molecule has 2 aliphatic rings. The molecule has 0 aliphatic carbocycles. The van der Waals surface area contributed by atoms with Gasteiger partial charge in [-0.1, -0.05) is 11.8 Å². The first-order valence-electron chi connectivity index (χ1n) is 9.79. The smallest absolute Gasteiger partial charge is 0.410 e. The molecule has 0 bridgehead atoms. The quantitative estimate of drug-likeness (QED) is 0.743. The van der Waals surface area contributed by atoms with Crippen LogP contribution in [-0.2, 0) is 14.3 Å². The van der Waals surface area contributed by atoms with Crippen LogP contribution in [0.3, 0.4) is 0 Å². The maximum absolute atomic E-state index is 12.6. The predicted octanol–water partition coefficient (Wildman–Crippen LogP) is 2.52. The van der Waals surface area contributed by atoms with Crippen LogP contribution in [0.25, 0.3) is 0 Å². The summed E-state index contributed by atoms with van der Waals surface area (Å²) in [7, 11) is 0. The van der Waals surface area contributed by atoms with Crippen LogP contribution in [-0.4, -0.2) is 70.6 Å². The highest BCUT2D eigenvalue weighted by Gasteiger charge is 2.35. The lowest BCUT2D eigenvalue weighted by molar-refractivity contribution is -0.117. The number of ether oxygens (including phenoxy) is 1. The number of aromatic nitrogens is 1. The van der Waals surface area contributed by atoms with E-state index in [1.807, 2.05) is 32.9 Å². The van der Waals surface area contributed by atoms with E-state index < -0.39 is 5.60 Å². The third-order valence-electron chi connectivity index (χ3n) is 4.71. The second-order valence-corrected chi connectivity index (χ2v) is 9.72. The molecule has 0 N–H and O–H groups in total. The number of pyridine rings is 1. The Balaban J connectivity index is 1.68. The highest BCUT2D eigenvalue weighted by Crippen LogP contribution is 2.34. The number of piperazine rings is 1. The van der Waals surface area contributed by atoms with Crippen molar-refractivity contribution in [3.63, 3.8) is 0 Å². The lowest BCUT2D eigenvalue weighted by Gasteiger charge is -2.37. The molecule has 0 radical (unpaired) electrons. The Hall–Kier alpha value is -2.29. The van der Waals surface area contributed by atoms with Crippen molar-refractivity contribution in [2.24, 2.45) is 0 Å². The van der Waals surface area contributed by atoms with Gasteiger partial charge in [0.05, 0.1) is 5.69 Å². The van der Waals surface area contributed by atoms with E-state index in [9.17, 15) is 14.4 Å². The number of carbonyl (C=O) groups is 3. The van der Waals surface area contributed by atoms with Crippen LogP contribution in [0, 0.1) is 0 Å². The first kappa shape index (κ1) is 21.4. The minimum atomic E-state index is -0.521. The van der Waals surface area contributed by atoms with E-state index in [1.165, 1.54) is 18.7 Å². The van der Waals surface area contributed by atoms with Gasteiger partial charge in [-0.3, -0.25) is 9.59 Å². The number of nitrogens with zero attached hydrogens (tertiary/aromatic N) is 4. The average Bonchev–Trinajstić information content (AvgIpc) is 2.99. The summed E-state index contributed by atoms with van der Waals surface area (Å²) < 4.78 is 5.45. The Morgan fingerprint density at radius 3 is 2.52 bits per heavy atom. The average molecular weight is 421 g/mol. The van der Waals surface area contributed by atoms with Crippen molar-refractivity contribution in [2.75, 3.05) is 42.5 Å². The van der Waals surface area contributed by atoms with Crippen LogP contribution in [0.15, 0.2) is 18.3 Å². The van der Waals surface area contributed by atoms with Crippen LogP contribution in [0.4, 0.5) is 16.3 Å². The van der Waals surface area contributed by atoms with Gasteiger partial charge in [0, 0.05) is 57.5 Å². The maximum atomic E-state index is 12.6. The summed E-state index contributed by atoms with van der Waals surface area (Å²) in [5.41, 5.74) is 0.238. The van der Waals surface area contributed by atoms with Gasteiger partial charge in [-0.25, -0.2) is 9.78 Å². The number of hydrogen-bond donors (Lipinski definition) is 0. The maximum Gasteiger partial charge on any atom is 0.410 e. The Bertz CT molecular complexity index is 787. The molecule has 1 atom stereocenters. The number of rotatable bonds is 3. The molecule has 9 heteroatoms. The van der Waals surface area contributed by atoms with Crippen molar-refractivity contribution in [3.05, 3.63) is 18.3 Å². The van der Waals surface area contributed by atoms with Gasteiger partial charge in [-0.2, -0.15) is 0 Å². The van der Waals surface area contributed by atoms with E-state index in [1.54, 1.807) is 16.0 Å². The molecule has 0 spiro atoms. The summed E-state index contributed by atoms with van der Waals surface area (Å²) in [6.07, 6.45) is 1.75. The molecular weight excluding hydrogens is 392 g/mol. The molecule has 0 saturated carbocycles. The van der Waals surface area contributed by atoms with Gasteiger partial charge in [0.1, 0.15) is 5.60 Å². The van der Waals surface area contributed by atoms with Crippen molar-refractivity contribution in [1.82, 2.24) is 9.88 Å². The van der Waals surface area contributed by atoms with Crippen molar-refractivity contribution in [3.8, 4) is 0 Å². The zero-order chi connectivity index (χ0) is 21.2. The monoisotopic (exact) mass is 420 g/mol. The molecule has 29 heavy (non-hydrogen) atoms. The van der Waals surface area contributed by atoms with E-state index in [4.69, 9.17) is 4.74 Å². The third-order valence-corrected chi connectivity index (χ3v) is 5.69. The van der Waals surface area contributed by atoms with Gasteiger partial charge in [0.2, 0.25) is 5.91 Å². The second kappa shape index (κ2) is 8.61. The largest absolute Gasteiger partial charge is 0.444 e. The Morgan fingerprint density at radius 1 is 1.21 bits per heavy atom. The molecule has 8 nitrogen and oxygen atoms in total. The van der Waals surface area contributed by atoms with Gasteiger partial charge in [0.25, 0.3) is 0 Å². The molecule has 1 aromatic rings. The van der Waals surface area contributed by atoms with Gasteiger partial charge in [0.15, 0.2) is 10.9 Å². The first-order valence-corrected chi connectivity index (χ1v) is 10.7. The van der Waals surface area contributed by atoms with Crippen LogP contribution in [0.2, 0.25) is 0 Å². The summed E-state index contributed by atoms with van der Waals surface area (Å²) >= 11 is 1.22. The van der Waals surface area contributed by atoms with Crippen LogP contribution >= 0.6 is 11.8 Å². The molecule has 2 amide bonds. The number of carbonyl (C=O) groups excluding carboxylic acids is 3. The Morgan fingerprint density at radius 2 is 1.90 bits per heavy atom. The summed E-state index contributed by atoms with van der Waals surface area (Å²) in [5, 5.41) is -0.00797.